The summed E-state index contributed by atoms with van der Waals surface area (Å²) in [5, 5.41) is 0. The number of hydrogen-bond donors (Lipinski definition) is 0. The molecule has 0 spiro atoms. The highest BCUT2D eigenvalue weighted by molar-refractivity contribution is 5.42. The van der Waals surface area contributed by atoms with Crippen molar-refractivity contribution < 1.29 is 0 Å². The van der Waals surface area contributed by atoms with Gasteiger partial charge in [0.15, 0.2) is 0 Å². The molecule has 2 rings (SSSR count). The second-order valence-corrected chi connectivity index (χ2v) is 5.22. The maximum absolute atomic E-state index is 4.67. The lowest BCUT2D eigenvalue weighted by atomic mass is 9.90. The van der Waals surface area contributed by atoms with Gasteiger partial charge in [-0.3, -0.25) is 4.98 Å². The fraction of sp³-hybridized carbons (Fsp3) is 0.643. The quantitative estimate of drug-likeness (QED) is 0.712. The predicted octanol–water partition coefficient (Wildman–Crippen LogP) is 3.82. The van der Waals surface area contributed by atoms with Crippen molar-refractivity contribution in [3.63, 3.8) is 0 Å². The highest BCUT2D eigenvalue weighted by Gasteiger charge is 2.21. The summed E-state index contributed by atoms with van der Waals surface area (Å²) in [4.78, 5) is 4.67. The molecule has 1 aromatic rings. The van der Waals surface area contributed by atoms with Crippen molar-refractivity contribution in [2.45, 2.75) is 58.8 Å². The van der Waals surface area contributed by atoms with Gasteiger partial charge in [0.05, 0.1) is 0 Å². The molecule has 0 amide bonds. The average Bonchev–Trinajstić information content (AvgIpc) is 2.62. The Balaban J connectivity index is 2.58. The van der Waals surface area contributed by atoms with Crippen LogP contribution in [0, 0.1) is 0 Å². The topological polar surface area (TPSA) is 12.9 Å². The van der Waals surface area contributed by atoms with Crippen molar-refractivity contribution >= 4 is 0 Å². The van der Waals surface area contributed by atoms with E-state index < -0.39 is 0 Å². The van der Waals surface area contributed by atoms with E-state index in [1.807, 2.05) is 0 Å². The molecule has 0 saturated carbocycles. The molecule has 0 bridgehead atoms. The molecule has 0 atom stereocenters. The van der Waals surface area contributed by atoms with Gasteiger partial charge in [0, 0.05) is 11.9 Å². The van der Waals surface area contributed by atoms with Gasteiger partial charge in [-0.15, -0.1) is 0 Å². The van der Waals surface area contributed by atoms with E-state index in [0.29, 0.717) is 11.8 Å². The Morgan fingerprint density at radius 1 is 1.07 bits per heavy atom. The Kier molecular flexibility index (Phi) is 2.81. The van der Waals surface area contributed by atoms with Crippen LogP contribution in [-0.4, -0.2) is 4.98 Å². The summed E-state index contributed by atoms with van der Waals surface area (Å²) in [7, 11) is 0. The minimum absolute atomic E-state index is 0.549. The summed E-state index contributed by atoms with van der Waals surface area (Å²) >= 11 is 0. The van der Waals surface area contributed by atoms with Crippen LogP contribution in [0.1, 0.15) is 68.3 Å². The Hall–Kier alpha value is -0.850. The second-order valence-electron chi connectivity index (χ2n) is 5.22. The average molecular weight is 203 g/mol. The Labute approximate surface area is 92.9 Å². The van der Waals surface area contributed by atoms with E-state index in [4.69, 9.17) is 0 Å². The number of nitrogens with zero attached hydrogens (tertiary/aromatic N) is 1. The molecule has 1 heteroatoms. The maximum Gasteiger partial charge on any atom is 0.0466 e. The molecule has 1 aliphatic rings. The van der Waals surface area contributed by atoms with E-state index in [1.54, 1.807) is 11.1 Å². The van der Waals surface area contributed by atoms with Gasteiger partial charge >= 0.3 is 0 Å². The van der Waals surface area contributed by atoms with E-state index in [1.165, 1.54) is 30.5 Å². The Morgan fingerprint density at radius 3 is 2.40 bits per heavy atom. The highest BCUT2D eigenvalue weighted by Crippen LogP contribution is 2.34. The minimum Gasteiger partial charge on any atom is -0.260 e. The molecule has 82 valence electrons. The normalized spacial score (nSPS) is 15.1. The smallest absolute Gasteiger partial charge is 0.0466 e. The van der Waals surface area contributed by atoms with Crippen molar-refractivity contribution in [3.8, 4) is 0 Å². The summed E-state index contributed by atoms with van der Waals surface area (Å²) in [5.74, 6) is 1.16. The summed E-state index contributed by atoms with van der Waals surface area (Å²) < 4.78 is 0. The van der Waals surface area contributed by atoms with Gasteiger partial charge in [-0.25, -0.2) is 0 Å². The van der Waals surface area contributed by atoms with E-state index in [2.05, 4.69) is 38.9 Å². The third kappa shape index (κ3) is 1.80. The fourth-order valence-electron chi connectivity index (χ4n) is 2.69. The van der Waals surface area contributed by atoms with Gasteiger partial charge < -0.3 is 0 Å². The van der Waals surface area contributed by atoms with E-state index >= 15 is 0 Å². The molecule has 0 fully saturated rings. The minimum atomic E-state index is 0.549. The van der Waals surface area contributed by atoms with Crippen LogP contribution in [0.15, 0.2) is 6.20 Å². The van der Waals surface area contributed by atoms with Gasteiger partial charge in [-0.1, -0.05) is 27.7 Å². The third-order valence-electron chi connectivity index (χ3n) is 3.35. The van der Waals surface area contributed by atoms with Crippen molar-refractivity contribution in [2.24, 2.45) is 0 Å². The second kappa shape index (κ2) is 3.96. The largest absolute Gasteiger partial charge is 0.260 e. The van der Waals surface area contributed by atoms with Crippen LogP contribution in [0.5, 0.6) is 0 Å². The van der Waals surface area contributed by atoms with E-state index in [-0.39, 0.29) is 0 Å². The Bertz CT molecular complexity index is 364. The third-order valence-corrected chi connectivity index (χ3v) is 3.35. The standard InChI is InChI=1S/C14H21N/c1-9(2)13-12-7-5-6-11(12)8-15-14(13)10(3)4/h8-10H,5-7H2,1-4H3. The molecule has 0 unspecified atom stereocenters. The SMILES string of the molecule is CC(C)c1ncc2c(c1C(C)C)CCC2. The first-order chi connectivity index (χ1) is 7.11. The van der Waals surface area contributed by atoms with Crippen LogP contribution in [-0.2, 0) is 12.8 Å². The molecular weight excluding hydrogens is 182 g/mol. The van der Waals surface area contributed by atoms with Gasteiger partial charge in [-0.2, -0.15) is 0 Å². The molecule has 1 aliphatic carbocycles. The van der Waals surface area contributed by atoms with Crippen LogP contribution in [0.25, 0.3) is 0 Å². The zero-order valence-corrected chi connectivity index (χ0v) is 10.3. The van der Waals surface area contributed by atoms with Crippen molar-refractivity contribution in [2.75, 3.05) is 0 Å². The molecule has 1 heterocycles. The molecule has 0 saturated heterocycles. The van der Waals surface area contributed by atoms with E-state index in [9.17, 15) is 0 Å². The molecule has 0 radical (unpaired) electrons. The molecule has 1 nitrogen and oxygen atoms in total. The first-order valence-electron chi connectivity index (χ1n) is 6.11. The lowest BCUT2D eigenvalue weighted by molar-refractivity contribution is 0.746. The zero-order chi connectivity index (χ0) is 11.0. The summed E-state index contributed by atoms with van der Waals surface area (Å²) in [5.41, 5.74) is 5.98. The van der Waals surface area contributed by atoms with Crippen LogP contribution in [0.3, 0.4) is 0 Å². The number of fused-ring (bicyclic) bond motifs is 1. The monoisotopic (exact) mass is 203 g/mol. The summed E-state index contributed by atoms with van der Waals surface area (Å²) in [6.45, 7) is 9.08. The first-order valence-corrected chi connectivity index (χ1v) is 6.11. The van der Waals surface area contributed by atoms with Crippen LogP contribution in [0.4, 0.5) is 0 Å². The lowest BCUT2D eigenvalue weighted by Crippen LogP contribution is -2.06. The lowest BCUT2D eigenvalue weighted by Gasteiger charge is -2.18. The molecule has 0 aromatic carbocycles. The van der Waals surface area contributed by atoms with Crippen LogP contribution in [0.2, 0.25) is 0 Å². The molecular formula is C14H21N. The summed E-state index contributed by atoms with van der Waals surface area (Å²) in [6, 6.07) is 0. The van der Waals surface area contributed by atoms with Gasteiger partial charge in [0.25, 0.3) is 0 Å². The van der Waals surface area contributed by atoms with Crippen molar-refractivity contribution in [1.82, 2.24) is 4.98 Å². The first kappa shape index (κ1) is 10.7. The number of aromatic nitrogens is 1. The van der Waals surface area contributed by atoms with Crippen LogP contribution < -0.4 is 0 Å². The Morgan fingerprint density at radius 2 is 1.80 bits per heavy atom. The van der Waals surface area contributed by atoms with Crippen molar-refractivity contribution in [3.05, 3.63) is 28.6 Å². The number of rotatable bonds is 2. The fourth-order valence-corrected chi connectivity index (χ4v) is 2.69. The van der Waals surface area contributed by atoms with Gasteiger partial charge in [0.2, 0.25) is 0 Å². The van der Waals surface area contributed by atoms with Crippen molar-refractivity contribution in [1.29, 1.82) is 0 Å². The zero-order valence-electron chi connectivity index (χ0n) is 10.3. The molecule has 0 N–H and O–H groups in total. The summed E-state index contributed by atoms with van der Waals surface area (Å²) in [6.07, 6.45) is 5.94. The van der Waals surface area contributed by atoms with Crippen LogP contribution >= 0.6 is 0 Å². The number of hydrogen-bond acceptors (Lipinski definition) is 1. The molecule has 15 heavy (non-hydrogen) atoms. The van der Waals surface area contributed by atoms with Gasteiger partial charge in [0.1, 0.15) is 0 Å². The number of pyridine rings is 1. The van der Waals surface area contributed by atoms with E-state index in [0.717, 1.165) is 0 Å². The predicted molar refractivity (Wildman–Crippen MR) is 64.4 cm³/mol. The number of aryl methyl sites for hydroxylation is 1. The maximum atomic E-state index is 4.67. The van der Waals surface area contributed by atoms with Gasteiger partial charge in [-0.05, 0) is 47.8 Å². The molecule has 0 aliphatic heterocycles. The highest BCUT2D eigenvalue weighted by atomic mass is 14.7. The molecule has 1 aromatic heterocycles.